The molecule has 7 heteroatoms. The van der Waals surface area contributed by atoms with Gasteiger partial charge in [-0.3, -0.25) is 9.79 Å². The summed E-state index contributed by atoms with van der Waals surface area (Å²) in [5.74, 6) is 0.533. The van der Waals surface area contributed by atoms with E-state index in [2.05, 4.69) is 15.6 Å². The lowest BCUT2D eigenvalue weighted by molar-refractivity contribution is -0.121. The Hall–Kier alpha value is -1.38. The molecule has 5 nitrogen and oxygen atoms in total. The fourth-order valence-corrected chi connectivity index (χ4v) is 3.20. The Balaban J connectivity index is 0.00000338. The van der Waals surface area contributed by atoms with Crippen molar-refractivity contribution in [2.24, 2.45) is 4.99 Å². The molecule has 0 bridgehead atoms. The van der Waals surface area contributed by atoms with Gasteiger partial charge in [0.1, 0.15) is 5.82 Å². The number of nitrogens with one attached hydrogen (secondary N) is 2. The highest BCUT2D eigenvalue weighted by atomic mass is 127. The van der Waals surface area contributed by atoms with E-state index in [4.69, 9.17) is 0 Å². The standard InChI is InChI=1S/C19H29FN4O.HI/c1-21-19(24(2)14-15-7-6-8-16(20)13-15)22-12-11-18(25)23-17-9-4-3-5-10-17;/h6-8,13,17H,3-5,9-12,14H2,1-2H3,(H,21,22)(H,23,25);1H. The van der Waals surface area contributed by atoms with Gasteiger partial charge in [0.15, 0.2) is 5.96 Å². The summed E-state index contributed by atoms with van der Waals surface area (Å²) in [6.45, 7) is 1.07. The van der Waals surface area contributed by atoms with Crippen molar-refractivity contribution >= 4 is 35.8 Å². The summed E-state index contributed by atoms with van der Waals surface area (Å²) >= 11 is 0. The minimum absolute atomic E-state index is 0. The van der Waals surface area contributed by atoms with Gasteiger partial charge in [0, 0.05) is 39.6 Å². The number of hydrogen-bond donors (Lipinski definition) is 2. The molecule has 1 aliphatic rings. The Morgan fingerprint density at radius 1 is 1.31 bits per heavy atom. The van der Waals surface area contributed by atoms with Crippen LogP contribution in [0.5, 0.6) is 0 Å². The van der Waals surface area contributed by atoms with Crippen LogP contribution in [0, 0.1) is 5.82 Å². The fourth-order valence-electron chi connectivity index (χ4n) is 3.20. The van der Waals surface area contributed by atoms with Crippen molar-refractivity contribution in [2.45, 2.75) is 51.1 Å². The van der Waals surface area contributed by atoms with Gasteiger partial charge < -0.3 is 15.5 Å². The molecule has 1 amide bonds. The summed E-state index contributed by atoms with van der Waals surface area (Å²) < 4.78 is 13.3. The molecule has 26 heavy (non-hydrogen) atoms. The van der Waals surface area contributed by atoms with Gasteiger partial charge >= 0.3 is 0 Å². The van der Waals surface area contributed by atoms with Crippen LogP contribution in [0.2, 0.25) is 0 Å². The van der Waals surface area contributed by atoms with E-state index in [0.29, 0.717) is 31.5 Å². The first-order chi connectivity index (χ1) is 12.1. The third-order valence-corrected chi connectivity index (χ3v) is 4.49. The second-order valence-corrected chi connectivity index (χ2v) is 6.61. The lowest BCUT2D eigenvalue weighted by Crippen LogP contribution is -2.41. The number of benzene rings is 1. The third kappa shape index (κ3) is 7.88. The van der Waals surface area contributed by atoms with Crippen molar-refractivity contribution in [1.82, 2.24) is 15.5 Å². The molecule has 0 saturated heterocycles. The average Bonchev–Trinajstić information content (AvgIpc) is 2.59. The first-order valence-electron chi connectivity index (χ1n) is 9.04. The Bertz CT molecular complexity index is 591. The van der Waals surface area contributed by atoms with Crippen LogP contribution in [0.4, 0.5) is 4.39 Å². The summed E-state index contributed by atoms with van der Waals surface area (Å²) in [5.41, 5.74) is 0.875. The molecule has 0 aromatic heterocycles. The summed E-state index contributed by atoms with van der Waals surface area (Å²) in [5, 5.41) is 6.31. The molecule has 0 spiro atoms. The molecule has 0 unspecified atom stereocenters. The van der Waals surface area contributed by atoms with Gasteiger partial charge in [-0.05, 0) is 30.5 Å². The molecule has 0 heterocycles. The maximum absolute atomic E-state index is 13.3. The molecule has 1 aliphatic carbocycles. The van der Waals surface area contributed by atoms with Crippen molar-refractivity contribution in [2.75, 3.05) is 20.6 Å². The van der Waals surface area contributed by atoms with E-state index < -0.39 is 0 Å². The smallest absolute Gasteiger partial charge is 0.221 e. The summed E-state index contributed by atoms with van der Waals surface area (Å²) in [7, 11) is 3.59. The van der Waals surface area contributed by atoms with Gasteiger partial charge in [-0.2, -0.15) is 0 Å². The van der Waals surface area contributed by atoms with E-state index in [1.54, 1.807) is 13.1 Å². The predicted octanol–water partition coefficient (Wildman–Crippen LogP) is 3.29. The van der Waals surface area contributed by atoms with Crippen LogP contribution < -0.4 is 10.6 Å². The third-order valence-electron chi connectivity index (χ3n) is 4.49. The summed E-state index contributed by atoms with van der Waals surface area (Å²) in [6, 6.07) is 6.87. The monoisotopic (exact) mass is 476 g/mol. The zero-order valence-corrected chi connectivity index (χ0v) is 18.0. The van der Waals surface area contributed by atoms with Gasteiger partial charge in [-0.25, -0.2) is 4.39 Å². The Kier molecular flexibility index (Phi) is 10.5. The maximum atomic E-state index is 13.3. The number of guanidine groups is 1. The predicted molar refractivity (Wildman–Crippen MR) is 114 cm³/mol. The van der Waals surface area contributed by atoms with Crippen molar-refractivity contribution in [1.29, 1.82) is 0 Å². The second kappa shape index (κ2) is 12.1. The van der Waals surface area contributed by atoms with Crippen molar-refractivity contribution in [3.8, 4) is 0 Å². The number of rotatable bonds is 6. The Morgan fingerprint density at radius 2 is 2.04 bits per heavy atom. The lowest BCUT2D eigenvalue weighted by atomic mass is 9.95. The first-order valence-corrected chi connectivity index (χ1v) is 9.04. The molecule has 1 saturated carbocycles. The zero-order chi connectivity index (χ0) is 18.1. The number of halogens is 2. The van der Waals surface area contributed by atoms with Crippen LogP contribution >= 0.6 is 24.0 Å². The molecular weight excluding hydrogens is 446 g/mol. The van der Waals surface area contributed by atoms with E-state index in [0.717, 1.165) is 18.4 Å². The number of hydrogen-bond acceptors (Lipinski definition) is 2. The minimum Gasteiger partial charge on any atom is -0.356 e. The number of nitrogens with zero attached hydrogens (tertiary/aromatic N) is 2. The van der Waals surface area contributed by atoms with E-state index in [1.807, 2.05) is 18.0 Å². The highest BCUT2D eigenvalue weighted by molar-refractivity contribution is 14.0. The summed E-state index contributed by atoms with van der Waals surface area (Å²) in [4.78, 5) is 18.2. The van der Waals surface area contributed by atoms with Gasteiger partial charge in [-0.1, -0.05) is 31.4 Å². The topological polar surface area (TPSA) is 56.7 Å². The number of carbonyl (C=O) groups is 1. The summed E-state index contributed by atoms with van der Waals surface area (Å²) in [6.07, 6.45) is 6.31. The Labute approximate surface area is 172 Å². The normalized spacial score (nSPS) is 15.1. The highest BCUT2D eigenvalue weighted by Gasteiger charge is 2.15. The zero-order valence-electron chi connectivity index (χ0n) is 15.6. The van der Waals surface area contributed by atoms with Crippen molar-refractivity contribution in [3.63, 3.8) is 0 Å². The molecule has 1 aromatic rings. The van der Waals surface area contributed by atoms with E-state index in [-0.39, 0.29) is 35.7 Å². The molecule has 0 radical (unpaired) electrons. The molecule has 1 aromatic carbocycles. The molecule has 1 fully saturated rings. The highest BCUT2D eigenvalue weighted by Crippen LogP contribution is 2.17. The van der Waals surface area contributed by atoms with Gasteiger partial charge in [0.2, 0.25) is 5.91 Å². The minimum atomic E-state index is -0.242. The van der Waals surface area contributed by atoms with Crippen LogP contribution in [0.3, 0.4) is 0 Å². The molecule has 0 aliphatic heterocycles. The average molecular weight is 476 g/mol. The van der Waals surface area contributed by atoms with E-state index in [9.17, 15) is 9.18 Å². The largest absolute Gasteiger partial charge is 0.356 e. The molecular formula is C19H30FIN4O. The number of aliphatic imine (C=N–C) groups is 1. The second-order valence-electron chi connectivity index (χ2n) is 6.61. The molecule has 0 atom stereocenters. The molecule has 2 rings (SSSR count). The van der Waals surface area contributed by atoms with Crippen LogP contribution in [0.15, 0.2) is 29.3 Å². The van der Waals surface area contributed by atoms with Gasteiger partial charge in [0.05, 0.1) is 0 Å². The maximum Gasteiger partial charge on any atom is 0.221 e. The lowest BCUT2D eigenvalue weighted by Gasteiger charge is -2.24. The van der Waals surface area contributed by atoms with E-state index in [1.165, 1.54) is 31.4 Å². The molecule has 146 valence electrons. The fraction of sp³-hybridized carbons (Fsp3) is 0.579. The van der Waals surface area contributed by atoms with Crippen LogP contribution in [-0.2, 0) is 11.3 Å². The van der Waals surface area contributed by atoms with Crippen molar-refractivity contribution in [3.05, 3.63) is 35.6 Å². The SMILES string of the molecule is CN=C(NCCC(=O)NC1CCCCC1)N(C)Cc1cccc(F)c1.I. The Morgan fingerprint density at radius 3 is 2.69 bits per heavy atom. The first kappa shape index (κ1) is 22.7. The van der Waals surface area contributed by atoms with Crippen LogP contribution in [0.1, 0.15) is 44.1 Å². The van der Waals surface area contributed by atoms with Crippen LogP contribution in [0.25, 0.3) is 0 Å². The van der Waals surface area contributed by atoms with E-state index >= 15 is 0 Å². The quantitative estimate of drug-likeness (QED) is 0.377. The van der Waals surface area contributed by atoms with Crippen molar-refractivity contribution < 1.29 is 9.18 Å². The number of carbonyl (C=O) groups excluding carboxylic acids is 1. The van der Waals surface area contributed by atoms with Gasteiger partial charge in [0.25, 0.3) is 0 Å². The molecule has 2 N–H and O–H groups in total. The van der Waals surface area contributed by atoms with Crippen LogP contribution in [-0.4, -0.2) is 43.4 Å². The van der Waals surface area contributed by atoms with Gasteiger partial charge in [-0.15, -0.1) is 24.0 Å². The number of amides is 1.